The van der Waals surface area contributed by atoms with Gasteiger partial charge in [-0.3, -0.25) is 15.0 Å². The number of carbonyl (C=O) groups is 2. The number of rotatable bonds is 2. The quantitative estimate of drug-likeness (QED) is 0.844. The first kappa shape index (κ1) is 17.2. The number of hydrazine groups is 2. The summed E-state index contributed by atoms with van der Waals surface area (Å²) < 4.78 is 5.31. The van der Waals surface area contributed by atoms with E-state index in [2.05, 4.69) is 10.9 Å². The molecule has 2 aliphatic rings. The highest BCUT2D eigenvalue weighted by molar-refractivity contribution is 6.09. The van der Waals surface area contributed by atoms with E-state index < -0.39 is 0 Å². The molecule has 4 rings (SSSR count). The zero-order valence-electron chi connectivity index (χ0n) is 15.4. The van der Waals surface area contributed by atoms with E-state index in [1.807, 2.05) is 38.4 Å². The minimum atomic E-state index is -0.225. The highest BCUT2D eigenvalue weighted by atomic mass is 16.3. The lowest BCUT2D eigenvalue weighted by atomic mass is 10.0. The summed E-state index contributed by atoms with van der Waals surface area (Å²) in [5.74, 6) is -0.00676. The molecule has 0 bridgehead atoms. The molecule has 8 heteroatoms. The lowest BCUT2D eigenvalue weighted by Gasteiger charge is -2.40. The maximum Gasteiger partial charge on any atom is 0.294 e. The van der Waals surface area contributed by atoms with Gasteiger partial charge in [-0.25, -0.2) is 0 Å². The first-order chi connectivity index (χ1) is 13.0. The van der Waals surface area contributed by atoms with Crippen molar-refractivity contribution in [3.63, 3.8) is 0 Å². The number of hydrogen-bond acceptors (Lipinski definition) is 6. The van der Waals surface area contributed by atoms with E-state index >= 15 is 0 Å². The molecule has 3 heterocycles. The molecule has 0 radical (unpaired) electrons. The van der Waals surface area contributed by atoms with E-state index in [1.165, 1.54) is 13.2 Å². The van der Waals surface area contributed by atoms with Crippen LogP contribution in [0.3, 0.4) is 0 Å². The predicted molar refractivity (Wildman–Crippen MR) is 101 cm³/mol. The summed E-state index contributed by atoms with van der Waals surface area (Å²) in [7, 11) is 1.85. The lowest BCUT2D eigenvalue weighted by Crippen LogP contribution is -2.51. The second kappa shape index (κ2) is 6.48. The number of furan rings is 1. The number of nitrogens with zero attached hydrogens (tertiary/aromatic N) is 3. The molecule has 0 unspecified atom stereocenters. The number of anilines is 2. The van der Waals surface area contributed by atoms with Gasteiger partial charge in [0.1, 0.15) is 0 Å². The molecule has 2 N–H and O–H groups in total. The summed E-state index contributed by atoms with van der Waals surface area (Å²) >= 11 is 0. The molecule has 1 atom stereocenters. The van der Waals surface area contributed by atoms with Crippen molar-refractivity contribution in [2.24, 2.45) is 0 Å². The Morgan fingerprint density at radius 3 is 2.67 bits per heavy atom. The van der Waals surface area contributed by atoms with Gasteiger partial charge in [-0.2, -0.15) is 0 Å². The van der Waals surface area contributed by atoms with Crippen LogP contribution >= 0.6 is 0 Å². The number of benzene rings is 1. The molecule has 0 aliphatic carbocycles. The SMILES string of the molecule is CC(=O)N1c2ccc(C3=CNN(C)N3)cc2N(C(=O)c2ccco2)C[C@@H]1C. The first-order valence-corrected chi connectivity index (χ1v) is 8.72. The van der Waals surface area contributed by atoms with Crippen LogP contribution in [0, 0.1) is 0 Å². The molecular weight excluding hydrogens is 346 g/mol. The van der Waals surface area contributed by atoms with Crippen molar-refractivity contribution in [1.82, 2.24) is 16.0 Å². The molecular formula is C19H21N5O3. The van der Waals surface area contributed by atoms with E-state index in [4.69, 9.17) is 4.42 Å². The van der Waals surface area contributed by atoms with Gasteiger partial charge in [-0.1, -0.05) is 6.07 Å². The van der Waals surface area contributed by atoms with Gasteiger partial charge in [0.25, 0.3) is 5.91 Å². The number of nitrogens with one attached hydrogen (secondary N) is 2. The van der Waals surface area contributed by atoms with Crippen LogP contribution in [0.25, 0.3) is 5.70 Å². The minimum absolute atomic E-state index is 0.0544. The third-order valence-electron chi connectivity index (χ3n) is 4.73. The van der Waals surface area contributed by atoms with Gasteiger partial charge < -0.3 is 19.6 Å². The predicted octanol–water partition coefficient (Wildman–Crippen LogP) is 1.93. The molecule has 27 heavy (non-hydrogen) atoms. The zero-order chi connectivity index (χ0) is 19.1. The van der Waals surface area contributed by atoms with Gasteiger partial charge >= 0.3 is 0 Å². The van der Waals surface area contributed by atoms with Crippen LogP contribution in [0.5, 0.6) is 0 Å². The summed E-state index contributed by atoms with van der Waals surface area (Å²) in [6.45, 7) is 3.86. The van der Waals surface area contributed by atoms with Crippen LogP contribution in [-0.4, -0.2) is 36.6 Å². The van der Waals surface area contributed by atoms with Gasteiger partial charge in [0.2, 0.25) is 5.91 Å². The Morgan fingerprint density at radius 2 is 2.04 bits per heavy atom. The van der Waals surface area contributed by atoms with Gasteiger partial charge in [0.15, 0.2) is 5.76 Å². The van der Waals surface area contributed by atoms with Gasteiger partial charge in [0, 0.05) is 32.3 Å². The molecule has 0 saturated heterocycles. The molecule has 0 fully saturated rings. The summed E-state index contributed by atoms with van der Waals surface area (Å²) in [6.07, 6.45) is 3.32. The molecule has 8 nitrogen and oxygen atoms in total. The Labute approximate surface area is 157 Å². The normalized spacial score (nSPS) is 19.2. The Kier molecular flexibility index (Phi) is 4.12. The number of amides is 2. The van der Waals surface area contributed by atoms with E-state index in [0.29, 0.717) is 17.9 Å². The molecule has 0 saturated carbocycles. The Bertz CT molecular complexity index is 921. The zero-order valence-corrected chi connectivity index (χ0v) is 15.4. The molecule has 1 aromatic heterocycles. The minimum Gasteiger partial charge on any atom is -0.459 e. The summed E-state index contributed by atoms with van der Waals surface area (Å²) in [5.41, 5.74) is 9.38. The van der Waals surface area contributed by atoms with Crippen LogP contribution in [0.1, 0.15) is 30.0 Å². The van der Waals surface area contributed by atoms with Crippen LogP contribution in [0.15, 0.2) is 47.2 Å². The molecule has 140 valence electrons. The largest absolute Gasteiger partial charge is 0.459 e. The van der Waals surface area contributed by atoms with Gasteiger partial charge in [-0.05, 0) is 31.2 Å². The van der Waals surface area contributed by atoms with Crippen molar-refractivity contribution >= 4 is 28.9 Å². The van der Waals surface area contributed by atoms with Crippen LogP contribution in [-0.2, 0) is 4.79 Å². The van der Waals surface area contributed by atoms with Gasteiger partial charge in [0.05, 0.1) is 29.4 Å². The van der Waals surface area contributed by atoms with Crippen LogP contribution < -0.4 is 20.7 Å². The summed E-state index contributed by atoms with van der Waals surface area (Å²) in [6, 6.07) is 8.92. The van der Waals surface area contributed by atoms with E-state index in [0.717, 1.165) is 11.3 Å². The number of hydrogen-bond donors (Lipinski definition) is 2. The molecule has 1 aromatic carbocycles. The van der Waals surface area contributed by atoms with Crippen molar-refractivity contribution in [2.45, 2.75) is 19.9 Å². The second-order valence-corrected chi connectivity index (χ2v) is 6.69. The van der Waals surface area contributed by atoms with Crippen LogP contribution in [0.2, 0.25) is 0 Å². The van der Waals surface area contributed by atoms with Crippen molar-refractivity contribution in [3.05, 3.63) is 54.1 Å². The monoisotopic (exact) mass is 367 g/mol. The third kappa shape index (κ3) is 2.93. The Balaban J connectivity index is 1.80. The summed E-state index contributed by atoms with van der Waals surface area (Å²) in [4.78, 5) is 28.6. The average Bonchev–Trinajstić information content (AvgIpc) is 3.31. The lowest BCUT2D eigenvalue weighted by molar-refractivity contribution is -0.117. The first-order valence-electron chi connectivity index (χ1n) is 8.72. The highest BCUT2D eigenvalue weighted by Gasteiger charge is 2.35. The number of carbonyl (C=O) groups excluding carboxylic acids is 2. The molecule has 0 spiro atoms. The Morgan fingerprint density at radius 1 is 1.22 bits per heavy atom. The third-order valence-corrected chi connectivity index (χ3v) is 4.73. The van der Waals surface area contributed by atoms with Crippen molar-refractivity contribution in [3.8, 4) is 0 Å². The van der Waals surface area contributed by atoms with Crippen molar-refractivity contribution in [1.29, 1.82) is 0 Å². The highest BCUT2D eigenvalue weighted by Crippen LogP contribution is 2.38. The standard InChI is InChI=1S/C19H21N5O3/c1-12-11-23(19(26)18-5-4-8-27-18)17-9-14(15-10-20-22(3)21-15)6-7-16(17)24(12)13(2)25/h4-10,12,20-21H,11H2,1-3H3/t12-/m0/s1. The molecule has 2 aliphatic heterocycles. The van der Waals surface area contributed by atoms with E-state index in [1.54, 1.807) is 27.1 Å². The fourth-order valence-corrected chi connectivity index (χ4v) is 3.55. The summed E-state index contributed by atoms with van der Waals surface area (Å²) in [5, 5.41) is 1.73. The maximum absolute atomic E-state index is 13.0. The van der Waals surface area contributed by atoms with Crippen LogP contribution in [0.4, 0.5) is 11.4 Å². The van der Waals surface area contributed by atoms with E-state index in [9.17, 15) is 9.59 Å². The van der Waals surface area contributed by atoms with Crippen molar-refractivity contribution in [2.75, 3.05) is 23.4 Å². The smallest absolute Gasteiger partial charge is 0.294 e. The molecule has 2 amide bonds. The maximum atomic E-state index is 13.0. The van der Waals surface area contributed by atoms with Gasteiger partial charge in [-0.15, -0.1) is 5.12 Å². The fourth-order valence-electron chi connectivity index (χ4n) is 3.55. The Hall–Kier alpha value is -3.26. The van der Waals surface area contributed by atoms with E-state index in [-0.39, 0.29) is 23.6 Å². The second-order valence-electron chi connectivity index (χ2n) is 6.69. The fraction of sp³-hybridized carbons (Fsp3) is 0.263. The molecule has 2 aromatic rings. The average molecular weight is 367 g/mol. The number of fused-ring (bicyclic) bond motifs is 1. The van der Waals surface area contributed by atoms with Crippen molar-refractivity contribution < 1.29 is 14.0 Å². The topological polar surface area (TPSA) is 81.1 Å².